The maximum Gasteiger partial charge on any atom is 0.243 e. The van der Waals surface area contributed by atoms with Crippen LogP contribution in [-0.4, -0.2) is 92.0 Å². The molecule has 3 aromatic rings. The van der Waals surface area contributed by atoms with Gasteiger partial charge in [0, 0.05) is 69.7 Å². The number of fused-ring (bicyclic) bond motifs is 2. The van der Waals surface area contributed by atoms with E-state index in [1.807, 2.05) is 42.6 Å². The molecule has 1 saturated heterocycles. The number of nitrogens with zero attached hydrogens (tertiary/aromatic N) is 4. The van der Waals surface area contributed by atoms with E-state index in [9.17, 15) is 13.2 Å². The molecule has 0 radical (unpaired) electrons. The van der Waals surface area contributed by atoms with E-state index >= 15 is 0 Å². The van der Waals surface area contributed by atoms with Crippen molar-refractivity contribution in [2.45, 2.75) is 61.7 Å². The van der Waals surface area contributed by atoms with Crippen molar-refractivity contribution in [1.29, 1.82) is 0 Å². The van der Waals surface area contributed by atoms with Crippen molar-refractivity contribution in [2.75, 3.05) is 46.9 Å². The van der Waals surface area contributed by atoms with Crippen LogP contribution in [-0.2, 0) is 21.4 Å². The predicted molar refractivity (Wildman–Crippen MR) is 159 cm³/mol. The molecule has 1 aromatic heterocycles. The summed E-state index contributed by atoms with van der Waals surface area (Å²) in [5.74, 6) is 0.642. The number of carbonyl (C=O) groups is 1. The number of sulfonamides is 1. The molecule has 2 fully saturated rings. The molecule has 10 heteroatoms. The van der Waals surface area contributed by atoms with Gasteiger partial charge in [0.15, 0.2) is 0 Å². The molecular formula is C31H41N5O4S. The normalized spacial score (nSPS) is 24.7. The van der Waals surface area contributed by atoms with Crippen LogP contribution < -0.4 is 10.1 Å². The number of benzene rings is 2. The van der Waals surface area contributed by atoms with Crippen LogP contribution in [0, 0.1) is 0 Å². The standard InChI is InChI=1S/C31H41N5O4S/c1-33-13-15-34(16-14-33)26-6-3-5-25(21-26)32-31(37)22-30-29-7-4-12-35(29)17-18-36(30)41(38,39)28-11-9-23-19-27(40-2)10-8-24(23)20-28/h4,7-12,19-20,25-26,30H,3,5-6,13-18,21-22H2,1-2H3,(H,32,37)/t25-,26+,30?/m0/s1. The van der Waals surface area contributed by atoms with Crippen LogP contribution in [0.5, 0.6) is 5.75 Å². The Balaban J connectivity index is 1.19. The number of hydrogen-bond acceptors (Lipinski definition) is 6. The van der Waals surface area contributed by atoms with Crippen molar-refractivity contribution in [1.82, 2.24) is 24.0 Å². The van der Waals surface area contributed by atoms with E-state index in [0.29, 0.717) is 19.1 Å². The highest BCUT2D eigenvalue weighted by atomic mass is 32.2. The van der Waals surface area contributed by atoms with E-state index in [1.165, 1.54) is 10.7 Å². The van der Waals surface area contributed by atoms with Gasteiger partial charge in [-0.2, -0.15) is 4.31 Å². The lowest BCUT2D eigenvalue weighted by Gasteiger charge is -2.42. The molecule has 3 aliphatic rings. The summed E-state index contributed by atoms with van der Waals surface area (Å²) >= 11 is 0. The zero-order valence-electron chi connectivity index (χ0n) is 24.0. The van der Waals surface area contributed by atoms with Crippen molar-refractivity contribution in [3.63, 3.8) is 0 Å². The number of methoxy groups -OCH3 is 1. The lowest BCUT2D eigenvalue weighted by atomic mass is 9.89. The Morgan fingerprint density at radius 1 is 0.976 bits per heavy atom. The average molecular weight is 580 g/mol. The molecule has 3 atom stereocenters. The number of hydrogen-bond donors (Lipinski definition) is 1. The molecule has 6 rings (SSSR count). The molecule has 41 heavy (non-hydrogen) atoms. The monoisotopic (exact) mass is 579 g/mol. The molecule has 0 bridgehead atoms. The van der Waals surface area contributed by atoms with Gasteiger partial charge in [-0.1, -0.05) is 12.1 Å². The zero-order chi connectivity index (χ0) is 28.6. The summed E-state index contributed by atoms with van der Waals surface area (Å²) in [4.78, 5) is 18.7. The molecule has 2 aromatic carbocycles. The Morgan fingerprint density at radius 2 is 1.76 bits per heavy atom. The molecule has 1 unspecified atom stereocenters. The summed E-state index contributed by atoms with van der Waals surface area (Å²) in [6.07, 6.45) is 6.28. The van der Waals surface area contributed by atoms with Gasteiger partial charge >= 0.3 is 0 Å². The van der Waals surface area contributed by atoms with Crippen LogP contribution in [0.25, 0.3) is 10.8 Å². The quantitative estimate of drug-likeness (QED) is 0.462. The van der Waals surface area contributed by atoms with Crippen LogP contribution in [0.2, 0.25) is 0 Å². The molecule has 9 nitrogen and oxygen atoms in total. The lowest BCUT2D eigenvalue weighted by molar-refractivity contribution is -0.123. The van der Waals surface area contributed by atoms with Crippen LogP contribution in [0.4, 0.5) is 0 Å². The van der Waals surface area contributed by atoms with Gasteiger partial charge in [-0.3, -0.25) is 9.69 Å². The highest BCUT2D eigenvalue weighted by Gasteiger charge is 2.38. The Kier molecular flexibility index (Phi) is 8.09. The summed E-state index contributed by atoms with van der Waals surface area (Å²) < 4.78 is 37.0. The fourth-order valence-electron chi connectivity index (χ4n) is 6.84. The van der Waals surface area contributed by atoms with Crippen molar-refractivity contribution >= 4 is 26.7 Å². The topological polar surface area (TPSA) is 87.1 Å². The number of piperazine rings is 1. The van der Waals surface area contributed by atoms with Gasteiger partial charge in [-0.05, 0) is 79.9 Å². The fraction of sp³-hybridized carbons (Fsp3) is 0.516. The van der Waals surface area contributed by atoms with E-state index < -0.39 is 16.1 Å². The number of nitrogens with one attached hydrogen (secondary N) is 1. The van der Waals surface area contributed by atoms with Crippen LogP contribution in [0.15, 0.2) is 59.6 Å². The maximum atomic E-state index is 14.1. The van der Waals surface area contributed by atoms with Crippen LogP contribution >= 0.6 is 0 Å². The second-order valence-electron chi connectivity index (χ2n) is 11.8. The van der Waals surface area contributed by atoms with E-state index in [4.69, 9.17) is 4.74 Å². The second kappa shape index (κ2) is 11.8. The Bertz CT molecular complexity index is 1500. The highest BCUT2D eigenvalue weighted by Crippen LogP contribution is 2.35. The zero-order valence-corrected chi connectivity index (χ0v) is 24.9. The second-order valence-corrected chi connectivity index (χ2v) is 13.7. The predicted octanol–water partition coefficient (Wildman–Crippen LogP) is 3.46. The summed E-state index contributed by atoms with van der Waals surface area (Å²) in [5, 5.41) is 5.03. The molecule has 3 heterocycles. The number of aromatic nitrogens is 1. The summed E-state index contributed by atoms with van der Waals surface area (Å²) in [7, 11) is -0.0632. The summed E-state index contributed by atoms with van der Waals surface area (Å²) in [5.41, 5.74) is 0.861. The summed E-state index contributed by atoms with van der Waals surface area (Å²) in [6, 6.07) is 14.7. The first-order valence-electron chi connectivity index (χ1n) is 14.8. The number of amides is 1. The van der Waals surface area contributed by atoms with Crippen molar-refractivity contribution in [2.24, 2.45) is 0 Å². The smallest absolute Gasteiger partial charge is 0.243 e. The van der Waals surface area contributed by atoms with Crippen LogP contribution in [0.3, 0.4) is 0 Å². The molecule has 2 aliphatic heterocycles. The first kappa shape index (κ1) is 28.2. The molecule has 1 aliphatic carbocycles. The molecular weight excluding hydrogens is 538 g/mol. The maximum absolute atomic E-state index is 14.1. The number of ether oxygens (including phenoxy) is 1. The Hall–Kier alpha value is -2.92. The Morgan fingerprint density at radius 3 is 2.56 bits per heavy atom. The molecule has 0 spiro atoms. The fourth-order valence-corrected chi connectivity index (χ4v) is 8.46. The number of rotatable bonds is 7. The molecule has 1 saturated carbocycles. The molecule has 220 valence electrons. The van der Waals surface area contributed by atoms with Gasteiger partial charge in [-0.15, -0.1) is 0 Å². The van der Waals surface area contributed by atoms with Gasteiger partial charge in [-0.25, -0.2) is 8.42 Å². The number of carbonyl (C=O) groups excluding carboxylic acids is 1. The first-order valence-corrected chi connectivity index (χ1v) is 16.2. The van der Waals surface area contributed by atoms with E-state index in [-0.39, 0.29) is 23.3 Å². The van der Waals surface area contributed by atoms with Crippen molar-refractivity contribution < 1.29 is 17.9 Å². The third-order valence-corrected chi connectivity index (χ3v) is 11.1. The largest absolute Gasteiger partial charge is 0.497 e. The van der Waals surface area contributed by atoms with E-state index in [1.54, 1.807) is 19.2 Å². The minimum Gasteiger partial charge on any atom is -0.497 e. The number of likely N-dealkylation sites (N-methyl/N-ethyl adjacent to an activating group) is 1. The van der Waals surface area contributed by atoms with Gasteiger partial charge in [0.1, 0.15) is 5.75 Å². The van der Waals surface area contributed by atoms with Crippen LogP contribution in [0.1, 0.15) is 43.8 Å². The van der Waals surface area contributed by atoms with E-state index in [0.717, 1.165) is 67.7 Å². The minimum atomic E-state index is -3.85. The van der Waals surface area contributed by atoms with Gasteiger partial charge in [0.25, 0.3) is 0 Å². The van der Waals surface area contributed by atoms with E-state index in [2.05, 4.69) is 26.7 Å². The van der Waals surface area contributed by atoms with Crippen molar-refractivity contribution in [3.05, 3.63) is 60.4 Å². The van der Waals surface area contributed by atoms with Gasteiger partial charge < -0.3 is 19.5 Å². The highest BCUT2D eigenvalue weighted by molar-refractivity contribution is 7.89. The van der Waals surface area contributed by atoms with Crippen molar-refractivity contribution in [3.8, 4) is 5.75 Å². The summed E-state index contributed by atoms with van der Waals surface area (Å²) in [6.45, 7) is 5.21. The first-order chi connectivity index (χ1) is 19.8. The molecule has 1 amide bonds. The third kappa shape index (κ3) is 5.88. The lowest BCUT2D eigenvalue weighted by Crippen LogP contribution is -2.52. The molecule has 1 N–H and O–H groups in total. The van der Waals surface area contributed by atoms with Gasteiger partial charge in [0.05, 0.1) is 18.0 Å². The minimum absolute atomic E-state index is 0.0838. The Labute approximate surface area is 243 Å². The SMILES string of the molecule is COc1ccc2cc(S(=O)(=O)N3CCn4cccc4C3CC(=O)N[C@H]3CCC[C@@H](N4CCN(C)CC4)C3)ccc2c1. The van der Waals surface area contributed by atoms with Gasteiger partial charge in [0.2, 0.25) is 15.9 Å². The third-order valence-electron chi connectivity index (χ3n) is 9.19. The average Bonchev–Trinajstić information content (AvgIpc) is 3.47.